The van der Waals surface area contributed by atoms with Crippen LogP contribution in [0.5, 0.6) is 11.5 Å². The first kappa shape index (κ1) is 11.9. The third-order valence-corrected chi connectivity index (χ3v) is 2.99. The quantitative estimate of drug-likeness (QED) is 0.771. The standard InChI is InChI=1S/C15H11ClO3/c16-11-4-2-5-12(8-11)18-9-13-7-10-3-1-6-14(17)15(10)19-13/h1-8,17H,9H2. The Balaban J connectivity index is 1.80. The number of rotatable bonds is 3. The summed E-state index contributed by atoms with van der Waals surface area (Å²) in [6.45, 7) is 0.286. The minimum atomic E-state index is 0.131. The van der Waals surface area contributed by atoms with Crippen molar-refractivity contribution in [3.8, 4) is 11.5 Å². The molecule has 1 N–H and O–H groups in total. The summed E-state index contributed by atoms with van der Waals surface area (Å²) < 4.78 is 11.1. The number of furan rings is 1. The Morgan fingerprint density at radius 3 is 2.74 bits per heavy atom. The van der Waals surface area contributed by atoms with E-state index in [9.17, 15) is 5.11 Å². The van der Waals surface area contributed by atoms with E-state index in [2.05, 4.69) is 0 Å². The molecule has 0 fully saturated rings. The molecule has 0 aliphatic carbocycles. The van der Waals surface area contributed by atoms with Gasteiger partial charge in [-0.2, -0.15) is 0 Å². The molecule has 4 heteroatoms. The molecule has 1 heterocycles. The summed E-state index contributed by atoms with van der Waals surface area (Å²) in [6.07, 6.45) is 0. The van der Waals surface area contributed by atoms with E-state index in [-0.39, 0.29) is 12.4 Å². The monoisotopic (exact) mass is 274 g/mol. The third kappa shape index (κ3) is 2.51. The first-order chi connectivity index (χ1) is 9.22. The topological polar surface area (TPSA) is 42.6 Å². The van der Waals surface area contributed by atoms with Crippen LogP contribution >= 0.6 is 11.6 Å². The van der Waals surface area contributed by atoms with Crippen LogP contribution in [0.1, 0.15) is 5.76 Å². The van der Waals surface area contributed by atoms with E-state index in [1.54, 1.807) is 24.3 Å². The number of halogens is 1. The van der Waals surface area contributed by atoms with Crippen LogP contribution in [0.25, 0.3) is 11.0 Å². The molecule has 0 unspecified atom stereocenters. The van der Waals surface area contributed by atoms with Gasteiger partial charge in [0.1, 0.15) is 18.1 Å². The highest BCUT2D eigenvalue weighted by molar-refractivity contribution is 6.30. The second kappa shape index (κ2) is 4.86. The van der Waals surface area contributed by atoms with Gasteiger partial charge in [-0.1, -0.05) is 29.8 Å². The normalized spacial score (nSPS) is 10.8. The zero-order valence-corrected chi connectivity index (χ0v) is 10.7. The lowest BCUT2D eigenvalue weighted by molar-refractivity contribution is 0.273. The van der Waals surface area contributed by atoms with Gasteiger partial charge in [0.25, 0.3) is 0 Å². The SMILES string of the molecule is Oc1cccc2cc(COc3cccc(Cl)c3)oc12. The van der Waals surface area contributed by atoms with E-state index in [1.807, 2.05) is 24.3 Å². The molecule has 0 amide bonds. The molecule has 19 heavy (non-hydrogen) atoms. The molecule has 0 radical (unpaired) electrons. The van der Waals surface area contributed by atoms with Crippen LogP contribution in [0.15, 0.2) is 52.9 Å². The summed E-state index contributed by atoms with van der Waals surface area (Å²) in [4.78, 5) is 0. The third-order valence-electron chi connectivity index (χ3n) is 2.75. The minimum Gasteiger partial charge on any atom is -0.504 e. The lowest BCUT2D eigenvalue weighted by Gasteiger charge is -2.03. The molecule has 0 atom stereocenters. The first-order valence-electron chi connectivity index (χ1n) is 5.81. The molecule has 3 aromatic rings. The molecular weight excluding hydrogens is 264 g/mol. The zero-order chi connectivity index (χ0) is 13.2. The van der Waals surface area contributed by atoms with Crippen molar-refractivity contribution in [1.29, 1.82) is 0 Å². The largest absolute Gasteiger partial charge is 0.504 e. The number of para-hydroxylation sites is 1. The van der Waals surface area contributed by atoms with Gasteiger partial charge in [0.2, 0.25) is 0 Å². The second-order valence-electron chi connectivity index (χ2n) is 4.15. The Morgan fingerprint density at radius 1 is 1.11 bits per heavy atom. The van der Waals surface area contributed by atoms with Crippen molar-refractivity contribution in [1.82, 2.24) is 0 Å². The Bertz CT molecular complexity index is 718. The van der Waals surface area contributed by atoms with Crippen molar-refractivity contribution in [3.63, 3.8) is 0 Å². The average Bonchev–Trinajstić information content (AvgIpc) is 2.81. The molecule has 0 saturated carbocycles. The number of ether oxygens (including phenoxy) is 1. The van der Waals surface area contributed by atoms with Crippen molar-refractivity contribution in [3.05, 3.63) is 59.3 Å². The van der Waals surface area contributed by atoms with E-state index in [0.717, 1.165) is 5.39 Å². The number of phenolic OH excluding ortho intramolecular Hbond substituents is 1. The van der Waals surface area contributed by atoms with E-state index < -0.39 is 0 Å². The summed E-state index contributed by atoms with van der Waals surface area (Å²) >= 11 is 5.88. The number of hydrogen-bond donors (Lipinski definition) is 1. The summed E-state index contributed by atoms with van der Waals surface area (Å²) in [7, 11) is 0. The molecule has 0 spiro atoms. The van der Waals surface area contributed by atoms with Gasteiger partial charge in [0.15, 0.2) is 11.3 Å². The van der Waals surface area contributed by atoms with Crippen LogP contribution in [-0.4, -0.2) is 5.11 Å². The Hall–Kier alpha value is -2.13. The summed E-state index contributed by atoms with van der Waals surface area (Å²) in [5.74, 6) is 1.46. The maximum atomic E-state index is 9.65. The molecule has 0 aliphatic heterocycles. The van der Waals surface area contributed by atoms with Crippen molar-refractivity contribution in [2.24, 2.45) is 0 Å². The van der Waals surface area contributed by atoms with Crippen LogP contribution in [0.4, 0.5) is 0 Å². The number of benzene rings is 2. The van der Waals surface area contributed by atoms with Crippen LogP contribution in [0, 0.1) is 0 Å². The second-order valence-corrected chi connectivity index (χ2v) is 4.59. The minimum absolute atomic E-state index is 0.131. The fourth-order valence-electron chi connectivity index (χ4n) is 1.88. The van der Waals surface area contributed by atoms with E-state index in [4.69, 9.17) is 20.8 Å². The Labute approximate surface area is 115 Å². The molecule has 1 aromatic heterocycles. The first-order valence-corrected chi connectivity index (χ1v) is 6.19. The van der Waals surface area contributed by atoms with Gasteiger partial charge < -0.3 is 14.3 Å². The number of aromatic hydroxyl groups is 1. The van der Waals surface area contributed by atoms with Gasteiger partial charge in [-0.15, -0.1) is 0 Å². The number of phenols is 1. The molecule has 2 aromatic carbocycles. The predicted octanol–water partition coefficient (Wildman–Crippen LogP) is 4.37. The molecule has 0 aliphatic rings. The summed E-state index contributed by atoms with van der Waals surface area (Å²) in [6, 6.07) is 14.3. The number of hydrogen-bond acceptors (Lipinski definition) is 3. The van der Waals surface area contributed by atoms with Crippen LogP contribution in [0.3, 0.4) is 0 Å². The van der Waals surface area contributed by atoms with Crippen LogP contribution in [-0.2, 0) is 6.61 Å². The highest BCUT2D eigenvalue weighted by Crippen LogP contribution is 2.28. The molecular formula is C15H11ClO3. The van der Waals surface area contributed by atoms with Crippen LogP contribution < -0.4 is 4.74 Å². The fourth-order valence-corrected chi connectivity index (χ4v) is 2.06. The maximum Gasteiger partial charge on any atom is 0.176 e. The molecule has 3 rings (SSSR count). The van der Waals surface area contributed by atoms with Gasteiger partial charge >= 0.3 is 0 Å². The van der Waals surface area contributed by atoms with E-state index >= 15 is 0 Å². The van der Waals surface area contributed by atoms with Gasteiger partial charge in [0, 0.05) is 10.4 Å². The average molecular weight is 275 g/mol. The lowest BCUT2D eigenvalue weighted by atomic mass is 10.2. The molecule has 96 valence electrons. The van der Waals surface area contributed by atoms with Gasteiger partial charge in [0.05, 0.1) is 0 Å². The van der Waals surface area contributed by atoms with Gasteiger partial charge in [-0.25, -0.2) is 0 Å². The van der Waals surface area contributed by atoms with Crippen molar-refractivity contribution < 1.29 is 14.3 Å². The highest BCUT2D eigenvalue weighted by atomic mass is 35.5. The lowest BCUT2D eigenvalue weighted by Crippen LogP contribution is -1.93. The van der Waals surface area contributed by atoms with Gasteiger partial charge in [-0.3, -0.25) is 0 Å². The van der Waals surface area contributed by atoms with E-state index in [1.165, 1.54) is 0 Å². The van der Waals surface area contributed by atoms with Gasteiger partial charge in [-0.05, 0) is 30.3 Å². The smallest absolute Gasteiger partial charge is 0.176 e. The highest BCUT2D eigenvalue weighted by Gasteiger charge is 2.07. The van der Waals surface area contributed by atoms with Crippen molar-refractivity contribution >= 4 is 22.6 Å². The molecule has 3 nitrogen and oxygen atoms in total. The molecule has 0 bridgehead atoms. The molecule has 0 saturated heterocycles. The summed E-state index contributed by atoms with van der Waals surface area (Å²) in [5.41, 5.74) is 0.479. The summed E-state index contributed by atoms with van der Waals surface area (Å²) in [5, 5.41) is 11.1. The number of fused-ring (bicyclic) bond motifs is 1. The Kier molecular flexibility index (Phi) is 3.05. The zero-order valence-electron chi connectivity index (χ0n) is 9.97. The van der Waals surface area contributed by atoms with E-state index in [0.29, 0.717) is 22.1 Å². The van der Waals surface area contributed by atoms with Crippen molar-refractivity contribution in [2.75, 3.05) is 0 Å². The maximum absolute atomic E-state index is 9.65. The Morgan fingerprint density at radius 2 is 1.95 bits per heavy atom. The van der Waals surface area contributed by atoms with Crippen LogP contribution in [0.2, 0.25) is 5.02 Å². The fraction of sp³-hybridized carbons (Fsp3) is 0.0667. The predicted molar refractivity (Wildman–Crippen MR) is 73.7 cm³/mol. The van der Waals surface area contributed by atoms with Crippen molar-refractivity contribution in [2.45, 2.75) is 6.61 Å².